The molecule has 26 heavy (non-hydrogen) atoms. The van der Waals surface area contributed by atoms with Gasteiger partial charge in [-0.15, -0.1) is 35.3 Å². The quantitative estimate of drug-likeness (QED) is 0.374. The number of amides is 1. The number of rotatable bonds is 6. The summed E-state index contributed by atoms with van der Waals surface area (Å²) in [6.45, 7) is 4.76. The Morgan fingerprint density at radius 1 is 1.31 bits per heavy atom. The zero-order chi connectivity index (χ0) is 18.2. The number of thiazole rings is 1. The first-order valence-electron chi connectivity index (χ1n) is 8.17. The fraction of sp³-hybridized carbons (Fsp3) is 0.389. The molecule has 2 N–H and O–H groups in total. The predicted molar refractivity (Wildman–Crippen MR) is 118 cm³/mol. The Morgan fingerprint density at radius 3 is 2.58 bits per heavy atom. The largest absolute Gasteiger partial charge is 0.350 e. The van der Waals surface area contributed by atoms with Crippen LogP contribution in [0.1, 0.15) is 28.4 Å². The van der Waals surface area contributed by atoms with Crippen molar-refractivity contribution >= 4 is 47.2 Å². The van der Waals surface area contributed by atoms with Gasteiger partial charge in [-0.25, -0.2) is 9.98 Å². The maximum Gasteiger partial charge on any atom is 0.243 e. The summed E-state index contributed by atoms with van der Waals surface area (Å²) in [5.41, 5.74) is 1.15. The van der Waals surface area contributed by atoms with E-state index in [0.29, 0.717) is 12.5 Å². The van der Waals surface area contributed by atoms with Gasteiger partial charge in [0, 0.05) is 25.2 Å². The molecule has 2 aromatic rings. The molecule has 0 saturated heterocycles. The number of benzene rings is 1. The minimum Gasteiger partial charge on any atom is -0.350 e. The van der Waals surface area contributed by atoms with Crippen molar-refractivity contribution in [2.45, 2.75) is 26.4 Å². The van der Waals surface area contributed by atoms with Gasteiger partial charge >= 0.3 is 0 Å². The van der Waals surface area contributed by atoms with Gasteiger partial charge in [-0.2, -0.15) is 0 Å². The van der Waals surface area contributed by atoms with Gasteiger partial charge in [-0.3, -0.25) is 4.79 Å². The highest BCUT2D eigenvalue weighted by molar-refractivity contribution is 14.0. The molecule has 142 valence electrons. The van der Waals surface area contributed by atoms with E-state index in [1.165, 1.54) is 9.78 Å². The van der Waals surface area contributed by atoms with Gasteiger partial charge in [0.05, 0.1) is 12.6 Å². The molecule has 1 atom stereocenters. The summed E-state index contributed by atoms with van der Waals surface area (Å²) in [7, 11) is 3.45. The number of aliphatic imine (C=N–C) groups is 1. The topological polar surface area (TPSA) is 69.6 Å². The molecule has 1 aromatic heterocycles. The zero-order valence-electron chi connectivity index (χ0n) is 15.5. The van der Waals surface area contributed by atoms with Crippen LogP contribution in [0.3, 0.4) is 0 Å². The van der Waals surface area contributed by atoms with Gasteiger partial charge < -0.3 is 15.5 Å². The number of halogens is 1. The van der Waals surface area contributed by atoms with Crippen LogP contribution in [0.25, 0.3) is 0 Å². The number of hydrogen-bond donors (Lipinski definition) is 2. The number of carbonyl (C=O) groups is 1. The third-order valence-corrected chi connectivity index (χ3v) is 4.51. The summed E-state index contributed by atoms with van der Waals surface area (Å²) in [5.74, 6) is 0.554. The van der Waals surface area contributed by atoms with E-state index >= 15 is 0 Å². The molecular formula is C18H26IN5OS. The van der Waals surface area contributed by atoms with Crippen LogP contribution in [0.5, 0.6) is 0 Å². The number of nitrogens with zero attached hydrogens (tertiary/aromatic N) is 3. The lowest BCUT2D eigenvalue weighted by Crippen LogP contribution is -2.39. The van der Waals surface area contributed by atoms with Crippen LogP contribution in [0, 0.1) is 6.92 Å². The second-order valence-electron chi connectivity index (χ2n) is 5.95. The van der Waals surface area contributed by atoms with Crippen LogP contribution in [-0.4, -0.2) is 42.4 Å². The maximum absolute atomic E-state index is 11.8. The second-order valence-corrected chi connectivity index (χ2v) is 7.27. The van der Waals surface area contributed by atoms with Crippen LogP contribution in [0.2, 0.25) is 0 Å². The van der Waals surface area contributed by atoms with E-state index < -0.39 is 0 Å². The van der Waals surface area contributed by atoms with E-state index in [0.717, 1.165) is 10.6 Å². The van der Waals surface area contributed by atoms with Crippen LogP contribution >= 0.6 is 35.3 Å². The lowest BCUT2D eigenvalue weighted by atomic mass is 10.1. The summed E-state index contributed by atoms with van der Waals surface area (Å²) in [6.07, 6.45) is 1.86. The van der Waals surface area contributed by atoms with Gasteiger partial charge in [0.15, 0.2) is 5.96 Å². The molecule has 1 heterocycles. The Bertz CT molecular complexity index is 717. The van der Waals surface area contributed by atoms with E-state index in [-0.39, 0.29) is 42.5 Å². The molecule has 1 aromatic carbocycles. The zero-order valence-corrected chi connectivity index (χ0v) is 18.7. The van der Waals surface area contributed by atoms with E-state index in [9.17, 15) is 4.79 Å². The normalized spacial score (nSPS) is 12.1. The fourth-order valence-electron chi connectivity index (χ4n) is 2.11. The Labute approximate surface area is 176 Å². The smallest absolute Gasteiger partial charge is 0.243 e. The first kappa shape index (κ1) is 22.4. The molecule has 1 amide bonds. The summed E-state index contributed by atoms with van der Waals surface area (Å²) < 4.78 is 0. The number of carbonyl (C=O) groups excluding carboxylic acids is 1. The van der Waals surface area contributed by atoms with Crippen LogP contribution in [-0.2, 0) is 11.3 Å². The maximum atomic E-state index is 11.8. The van der Waals surface area contributed by atoms with Gasteiger partial charge in [-0.05, 0) is 19.4 Å². The highest BCUT2D eigenvalue weighted by Gasteiger charge is 2.10. The van der Waals surface area contributed by atoms with E-state index in [1.807, 2.05) is 31.3 Å². The number of guanidine groups is 1. The number of aryl methyl sites for hydroxylation is 1. The lowest BCUT2D eigenvalue weighted by molar-refractivity contribution is -0.127. The molecule has 1 unspecified atom stereocenters. The fourth-order valence-corrected chi connectivity index (χ4v) is 2.84. The number of aromatic nitrogens is 1. The number of likely N-dealkylation sites (N-methyl/N-ethyl adjacent to an activating group) is 1. The van der Waals surface area contributed by atoms with Crippen molar-refractivity contribution in [3.63, 3.8) is 0 Å². The van der Waals surface area contributed by atoms with E-state index in [2.05, 4.69) is 39.7 Å². The molecule has 2 rings (SSSR count). The highest BCUT2D eigenvalue weighted by atomic mass is 127. The summed E-state index contributed by atoms with van der Waals surface area (Å²) in [5, 5.41) is 7.59. The molecule has 0 radical (unpaired) electrons. The van der Waals surface area contributed by atoms with Gasteiger partial charge in [0.1, 0.15) is 11.6 Å². The third-order valence-electron chi connectivity index (χ3n) is 3.60. The van der Waals surface area contributed by atoms with Crippen molar-refractivity contribution in [2.24, 2.45) is 4.99 Å². The molecular weight excluding hydrogens is 461 g/mol. The monoisotopic (exact) mass is 487 g/mol. The third kappa shape index (κ3) is 7.28. The van der Waals surface area contributed by atoms with Gasteiger partial charge in [-0.1, -0.05) is 30.3 Å². The molecule has 0 spiro atoms. The summed E-state index contributed by atoms with van der Waals surface area (Å²) >= 11 is 1.64. The predicted octanol–water partition coefficient (Wildman–Crippen LogP) is 2.95. The van der Waals surface area contributed by atoms with E-state index in [1.54, 1.807) is 25.4 Å². The second kappa shape index (κ2) is 11.1. The molecule has 0 fully saturated rings. The Hall–Kier alpha value is -1.68. The van der Waals surface area contributed by atoms with Crippen molar-refractivity contribution in [3.05, 3.63) is 52.0 Å². The molecule has 0 saturated carbocycles. The summed E-state index contributed by atoms with van der Waals surface area (Å²) in [4.78, 5) is 23.3. The van der Waals surface area contributed by atoms with Crippen molar-refractivity contribution in [2.75, 3.05) is 20.6 Å². The molecule has 6 nitrogen and oxygen atoms in total. The Kier molecular flexibility index (Phi) is 9.57. The number of hydrogen-bond acceptors (Lipinski definition) is 4. The lowest BCUT2D eigenvalue weighted by Gasteiger charge is -2.18. The van der Waals surface area contributed by atoms with Crippen LogP contribution in [0.15, 0.2) is 41.5 Å². The summed E-state index contributed by atoms with van der Waals surface area (Å²) in [6, 6.07) is 10.2. The number of nitrogens with one attached hydrogen (secondary N) is 2. The minimum atomic E-state index is -0.0430. The average molecular weight is 487 g/mol. The highest BCUT2D eigenvalue weighted by Crippen LogP contribution is 2.12. The molecule has 0 aliphatic carbocycles. The minimum absolute atomic E-state index is 0. The van der Waals surface area contributed by atoms with Crippen LogP contribution in [0.4, 0.5) is 0 Å². The SMILES string of the molecule is Cc1cnc(CNC(=NCC(=O)N(C)C)NC(C)c2ccccc2)s1.I. The Morgan fingerprint density at radius 2 is 2.00 bits per heavy atom. The molecule has 0 aliphatic rings. The standard InChI is InChI=1S/C18H25N5OS.HI/c1-13-10-19-16(25-13)11-20-18(21-12-17(24)23(3)4)22-14(2)15-8-6-5-7-9-15;/h5-10,14H,11-12H2,1-4H3,(H2,20,21,22);1H. The van der Waals surface area contributed by atoms with Crippen molar-refractivity contribution in [3.8, 4) is 0 Å². The molecule has 0 bridgehead atoms. The Balaban J connectivity index is 0.00000338. The van der Waals surface area contributed by atoms with Crippen molar-refractivity contribution in [1.82, 2.24) is 20.5 Å². The van der Waals surface area contributed by atoms with E-state index in [4.69, 9.17) is 0 Å². The van der Waals surface area contributed by atoms with Crippen LogP contribution < -0.4 is 10.6 Å². The first-order chi connectivity index (χ1) is 12.0. The van der Waals surface area contributed by atoms with Gasteiger partial charge in [0.2, 0.25) is 5.91 Å². The van der Waals surface area contributed by atoms with Crippen molar-refractivity contribution < 1.29 is 4.79 Å². The van der Waals surface area contributed by atoms with Crippen molar-refractivity contribution in [1.29, 1.82) is 0 Å². The molecule has 8 heteroatoms. The first-order valence-corrected chi connectivity index (χ1v) is 8.98. The molecule has 0 aliphatic heterocycles. The van der Waals surface area contributed by atoms with Gasteiger partial charge in [0.25, 0.3) is 0 Å². The average Bonchev–Trinajstić information content (AvgIpc) is 3.02.